The van der Waals surface area contributed by atoms with Crippen molar-refractivity contribution >= 4 is 16.7 Å². The van der Waals surface area contributed by atoms with Crippen molar-refractivity contribution in [3.63, 3.8) is 0 Å². The summed E-state index contributed by atoms with van der Waals surface area (Å²) in [5.41, 5.74) is 10.1. The van der Waals surface area contributed by atoms with Gasteiger partial charge in [-0.3, -0.25) is 4.79 Å². The highest BCUT2D eigenvalue weighted by Crippen LogP contribution is 2.33. The smallest absolute Gasteiger partial charge is 0.277 e. The predicted molar refractivity (Wildman–Crippen MR) is 126 cm³/mol. The number of methoxy groups -OCH3 is 1. The third kappa shape index (κ3) is 3.52. The number of anilines is 1. The molecule has 0 amide bonds. The first kappa shape index (κ1) is 20.3. The van der Waals surface area contributed by atoms with Gasteiger partial charge in [0.25, 0.3) is 5.56 Å². The Morgan fingerprint density at radius 1 is 1.09 bits per heavy atom. The van der Waals surface area contributed by atoms with Crippen LogP contribution in [0.15, 0.2) is 53.3 Å². The van der Waals surface area contributed by atoms with E-state index in [1.54, 1.807) is 11.8 Å². The molecule has 3 heterocycles. The van der Waals surface area contributed by atoms with Gasteiger partial charge < -0.3 is 20.4 Å². The number of hydrogen-bond donors (Lipinski definition) is 2. The predicted octanol–water partition coefficient (Wildman–Crippen LogP) is 3.02. The number of aromatic amines is 1. The molecule has 1 aliphatic rings. The molecule has 32 heavy (non-hydrogen) atoms. The summed E-state index contributed by atoms with van der Waals surface area (Å²) in [5, 5.41) is 4.57. The molecule has 1 aliphatic heterocycles. The number of H-pyrrole nitrogens is 1. The molecule has 3 N–H and O–H groups in total. The van der Waals surface area contributed by atoms with E-state index in [2.05, 4.69) is 15.0 Å². The molecule has 1 fully saturated rings. The van der Waals surface area contributed by atoms with Gasteiger partial charge in [-0.05, 0) is 44.0 Å². The van der Waals surface area contributed by atoms with Crippen LogP contribution < -0.4 is 20.9 Å². The quantitative estimate of drug-likeness (QED) is 0.516. The van der Waals surface area contributed by atoms with Crippen LogP contribution in [0.1, 0.15) is 18.5 Å². The third-order valence-electron chi connectivity index (χ3n) is 6.05. The van der Waals surface area contributed by atoms with Crippen molar-refractivity contribution in [3.05, 3.63) is 64.6 Å². The summed E-state index contributed by atoms with van der Waals surface area (Å²) in [6.45, 7) is 3.70. The molecule has 8 heteroatoms. The molecule has 2 aromatic heterocycles. The van der Waals surface area contributed by atoms with Gasteiger partial charge in [0, 0.05) is 30.9 Å². The van der Waals surface area contributed by atoms with E-state index in [1.807, 2.05) is 55.5 Å². The molecule has 8 nitrogen and oxygen atoms in total. The molecule has 1 saturated heterocycles. The number of aryl methyl sites for hydroxylation is 1. The topological polar surface area (TPSA) is 102 Å². The molecule has 0 saturated carbocycles. The van der Waals surface area contributed by atoms with Gasteiger partial charge in [0.05, 0.1) is 24.1 Å². The molecule has 0 spiro atoms. The zero-order valence-electron chi connectivity index (χ0n) is 18.2. The van der Waals surface area contributed by atoms with E-state index in [9.17, 15) is 4.79 Å². The van der Waals surface area contributed by atoms with Gasteiger partial charge in [0.2, 0.25) is 0 Å². The summed E-state index contributed by atoms with van der Waals surface area (Å²) in [7, 11) is 1.63. The summed E-state index contributed by atoms with van der Waals surface area (Å²) in [4.78, 5) is 23.1. The zero-order valence-corrected chi connectivity index (χ0v) is 18.2. The van der Waals surface area contributed by atoms with Crippen molar-refractivity contribution in [3.8, 4) is 22.8 Å². The lowest BCUT2D eigenvalue weighted by Gasteiger charge is -2.32. The lowest BCUT2D eigenvalue weighted by Crippen LogP contribution is -2.39. The number of fused-ring (bicyclic) bond motifs is 1. The first-order valence-corrected chi connectivity index (χ1v) is 10.8. The Labute approximate surface area is 185 Å². The van der Waals surface area contributed by atoms with Crippen LogP contribution in [0.25, 0.3) is 28.1 Å². The normalized spacial score (nSPS) is 14.8. The van der Waals surface area contributed by atoms with Crippen LogP contribution in [0, 0.1) is 6.92 Å². The lowest BCUT2D eigenvalue weighted by atomic mass is 10.0. The van der Waals surface area contributed by atoms with Gasteiger partial charge in [0.1, 0.15) is 17.1 Å². The average molecular weight is 431 g/mol. The van der Waals surface area contributed by atoms with E-state index < -0.39 is 0 Å². The monoisotopic (exact) mass is 430 g/mol. The van der Waals surface area contributed by atoms with Gasteiger partial charge in [-0.15, -0.1) is 0 Å². The molecule has 0 radical (unpaired) electrons. The first-order valence-electron chi connectivity index (χ1n) is 10.8. The second-order valence-corrected chi connectivity index (χ2v) is 8.15. The summed E-state index contributed by atoms with van der Waals surface area (Å²) < 4.78 is 7.32. The molecule has 0 unspecified atom stereocenters. The van der Waals surface area contributed by atoms with Crippen LogP contribution >= 0.6 is 0 Å². The number of para-hydroxylation sites is 1. The fourth-order valence-corrected chi connectivity index (χ4v) is 4.28. The molecule has 0 bridgehead atoms. The van der Waals surface area contributed by atoms with Crippen molar-refractivity contribution in [2.75, 3.05) is 25.1 Å². The number of rotatable bonds is 4. The van der Waals surface area contributed by atoms with Gasteiger partial charge in [-0.25, -0.2) is 9.67 Å². The highest BCUT2D eigenvalue weighted by atomic mass is 16.5. The van der Waals surface area contributed by atoms with Crippen molar-refractivity contribution < 1.29 is 4.74 Å². The molecule has 0 aliphatic carbocycles. The van der Waals surface area contributed by atoms with Gasteiger partial charge in [0.15, 0.2) is 5.52 Å². The molecular formula is C24H26N6O2. The zero-order chi connectivity index (χ0) is 22.2. The van der Waals surface area contributed by atoms with Crippen molar-refractivity contribution in [1.82, 2.24) is 19.7 Å². The van der Waals surface area contributed by atoms with Crippen LogP contribution in [-0.2, 0) is 0 Å². The van der Waals surface area contributed by atoms with Crippen molar-refractivity contribution in [1.29, 1.82) is 0 Å². The van der Waals surface area contributed by atoms with Crippen molar-refractivity contribution in [2.45, 2.75) is 25.8 Å². The number of nitrogens with zero attached hydrogens (tertiary/aromatic N) is 4. The molecular weight excluding hydrogens is 404 g/mol. The van der Waals surface area contributed by atoms with Gasteiger partial charge >= 0.3 is 0 Å². The molecule has 0 atom stereocenters. The third-order valence-corrected chi connectivity index (χ3v) is 6.05. The summed E-state index contributed by atoms with van der Waals surface area (Å²) in [6, 6.07) is 15.8. The average Bonchev–Trinajstić information content (AvgIpc) is 3.16. The molecule has 2 aromatic carbocycles. The number of nitrogens with one attached hydrogen (secondary N) is 1. The van der Waals surface area contributed by atoms with E-state index in [4.69, 9.17) is 15.5 Å². The number of piperidine rings is 1. The minimum absolute atomic E-state index is 0.245. The molecule has 4 aromatic rings. The first-order chi connectivity index (χ1) is 15.5. The second kappa shape index (κ2) is 8.12. The maximum atomic E-state index is 13.1. The Balaban J connectivity index is 1.58. The minimum Gasteiger partial charge on any atom is -0.496 e. The van der Waals surface area contributed by atoms with E-state index in [-0.39, 0.29) is 11.6 Å². The number of ether oxygens (including phenoxy) is 1. The SMILES string of the molecule is COc1cc(N2CCC(N)CC2)ccc1-c1nc2c(C)nn(-c3ccccc3)c2c(=O)[nH]1. The Bertz CT molecular complexity index is 1320. The highest BCUT2D eigenvalue weighted by molar-refractivity contribution is 5.81. The minimum atomic E-state index is -0.245. The standard InChI is InChI=1S/C24H26N6O2/c1-15-21-22(30(28-15)17-6-4-3-5-7-17)24(31)27-23(26-21)19-9-8-18(14-20(19)32-2)29-12-10-16(25)11-13-29/h3-9,14,16H,10-13,25H2,1-2H3,(H,26,27,31). The van der Waals surface area contributed by atoms with Crippen molar-refractivity contribution in [2.24, 2.45) is 5.73 Å². The van der Waals surface area contributed by atoms with Gasteiger partial charge in [-0.2, -0.15) is 5.10 Å². The maximum absolute atomic E-state index is 13.1. The lowest BCUT2D eigenvalue weighted by molar-refractivity contribution is 0.415. The van der Waals surface area contributed by atoms with E-state index in [1.165, 1.54) is 0 Å². The molecule has 5 rings (SSSR count). The van der Waals surface area contributed by atoms with E-state index >= 15 is 0 Å². The number of benzene rings is 2. The maximum Gasteiger partial charge on any atom is 0.277 e. The Morgan fingerprint density at radius 3 is 2.56 bits per heavy atom. The fourth-order valence-electron chi connectivity index (χ4n) is 4.28. The number of aromatic nitrogens is 4. The van der Waals surface area contributed by atoms with Crippen LogP contribution in [0.3, 0.4) is 0 Å². The van der Waals surface area contributed by atoms with E-state index in [0.717, 1.165) is 42.9 Å². The molecule has 164 valence electrons. The van der Waals surface area contributed by atoms with Gasteiger partial charge in [-0.1, -0.05) is 18.2 Å². The summed E-state index contributed by atoms with van der Waals surface area (Å²) in [6.07, 6.45) is 1.95. The Hall–Kier alpha value is -3.65. The highest BCUT2D eigenvalue weighted by Gasteiger charge is 2.20. The van der Waals surface area contributed by atoms with Crippen LogP contribution in [0.4, 0.5) is 5.69 Å². The second-order valence-electron chi connectivity index (χ2n) is 8.15. The van der Waals surface area contributed by atoms with Crippen LogP contribution in [0.2, 0.25) is 0 Å². The Morgan fingerprint density at radius 2 is 1.84 bits per heavy atom. The van der Waals surface area contributed by atoms with Crippen LogP contribution in [-0.4, -0.2) is 46.0 Å². The summed E-state index contributed by atoms with van der Waals surface area (Å²) >= 11 is 0. The number of nitrogens with two attached hydrogens (primary N) is 1. The largest absolute Gasteiger partial charge is 0.496 e. The summed E-state index contributed by atoms with van der Waals surface area (Å²) in [5.74, 6) is 1.12. The van der Waals surface area contributed by atoms with E-state index in [0.29, 0.717) is 28.3 Å². The Kier molecular flexibility index (Phi) is 5.14. The number of hydrogen-bond acceptors (Lipinski definition) is 6. The fraction of sp³-hybridized carbons (Fsp3) is 0.292. The van der Waals surface area contributed by atoms with Crippen LogP contribution in [0.5, 0.6) is 5.75 Å².